The number of nitrogens with one attached hydrogen (secondary N) is 2. The Bertz CT molecular complexity index is 844. The molecule has 0 saturated carbocycles. The number of halogens is 1. The van der Waals surface area contributed by atoms with Crippen molar-refractivity contribution in [1.82, 2.24) is 25.6 Å². The van der Waals surface area contributed by atoms with Crippen LogP contribution in [-0.4, -0.2) is 59.3 Å². The Balaban J connectivity index is 1.38. The quantitative estimate of drug-likeness (QED) is 0.694. The fourth-order valence-corrected chi connectivity index (χ4v) is 4.03. The Morgan fingerprint density at radius 3 is 2.59 bits per heavy atom. The minimum Gasteiger partial charge on any atom is -0.298 e. The number of aromatic nitrogens is 1. The molecule has 1 aromatic carbocycles. The topological polar surface area (TPSA) is 77.6 Å². The third-order valence-corrected chi connectivity index (χ3v) is 5.69. The van der Waals surface area contributed by atoms with E-state index in [2.05, 4.69) is 20.7 Å². The molecule has 2 amide bonds. The van der Waals surface area contributed by atoms with Gasteiger partial charge >= 0.3 is 0 Å². The maximum atomic E-state index is 13.9. The number of carbonyl (C=O) groups excluding carboxylic acids is 2. The zero-order valence-electron chi connectivity index (χ0n) is 16.5. The number of hydrazine groups is 1. The monoisotopic (exact) mass is 419 g/mol. The van der Waals surface area contributed by atoms with E-state index < -0.39 is 0 Å². The van der Waals surface area contributed by atoms with E-state index in [0.29, 0.717) is 18.7 Å². The zero-order valence-corrected chi connectivity index (χ0v) is 17.3. The lowest BCUT2D eigenvalue weighted by atomic mass is 10.2. The Labute approximate surface area is 173 Å². The summed E-state index contributed by atoms with van der Waals surface area (Å²) < 4.78 is 13.9. The molecule has 2 N–H and O–H groups in total. The van der Waals surface area contributed by atoms with Crippen molar-refractivity contribution in [3.63, 3.8) is 0 Å². The van der Waals surface area contributed by atoms with E-state index in [0.717, 1.165) is 36.8 Å². The van der Waals surface area contributed by atoms with Crippen LogP contribution in [0.2, 0.25) is 0 Å². The summed E-state index contributed by atoms with van der Waals surface area (Å²) in [6.07, 6.45) is 1.05. The van der Waals surface area contributed by atoms with Crippen LogP contribution in [0.1, 0.15) is 22.7 Å². The number of nitrogens with zero attached hydrogens (tertiary/aromatic N) is 3. The van der Waals surface area contributed by atoms with Crippen molar-refractivity contribution in [1.29, 1.82) is 0 Å². The summed E-state index contributed by atoms with van der Waals surface area (Å²) in [5, 5.41) is 2.60. The first kappa shape index (κ1) is 21.4. The van der Waals surface area contributed by atoms with Crippen molar-refractivity contribution in [2.75, 3.05) is 32.7 Å². The molecule has 1 aliphatic rings. The van der Waals surface area contributed by atoms with Crippen LogP contribution in [0.25, 0.3) is 0 Å². The van der Waals surface area contributed by atoms with E-state index in [1.165, 1.54) is 17.4 Å². The first-order valence-electron chi connectivity index (χ1n) is 9.66. The molecule has 0 bridgehead atoms. The maximum Gasteiger partial charge on any atom is 0.252 e. The molecule has 1 aliphatic heterocycles. The minimum atomic E-state index is -0.292. The van der Waals surface area contributed by atoms with Gasteiger partial charge in [-0.05, 0) is 32.5 Å². The Morgan fingerprint density at radius 2 is 1.83 bits per heavy atom. The molecular weight excluding hydrogens is 393 g/mol. The predicted molar refractivity (Wildman–Crippen MR) is 110 cm³/mol. The number of amides is 2. The summed E-state index contributed by atoms with van der Waals surface area (Å²) in [5.74, 6) is -0.729. The summed E-state index contributed by atoms with van der Waals surface area (Å²) >= 11 is 1.42. The molecule has 1 fully saturated rings. The number of hydrogen-bond acceptors (Lipinski definition) is 6. The summed E-state index contributed by atoms with van der Waals surface area (Å²) in [4.78, 5) is 32.5. The fraction of sp³-hybridized carbons (Fsp3) is 0.450. The normalized spacial score (nSPS) is 15.7. The van der Waals surface area contributed by atoms with Crippen LogP contribution in [0, 0.1) is 12.7 Å². The van der Waals surface area contributed by atoms with Gasteiger partial charge in [-0.25, -0.2) is 9.37 Å². The highest BCUT2D eigenvalue weighted by Crippen LogP contribution is 2.12. The fourth-order valence-electron chi connectivity index (χ4n) is 3.26. The van der Waals surface area contributed by atoms with E-state index in [4.69, 9.17) is 0 Å². The molecule has 0 aliphatic carbocycles. The van der Waals surface area contributed by atoms with E-state index in [1.807, 2.05) is 23.3 Å². The standard InChI is InChI=1S/C20H26FN5O2S/c1-15-14-29-20(22-15)11-18(27)23-24-19(28)13-26-8-4-7-25(9-10-26)12-16-5-2-3-6-17(16)21/h2-3,5-6,14H,4,7-13H2,1H3,(H,23,27)(H,24,28). The second kappa shape index (κ2) is 10.4. The van der Waals surface area contributed by atoms with Gasteiger partial charge in [0, 0.05) is 36.3 Å². The Kier molecular flexibility index (Phi) is 7.68. The van der Waals surface area contributed by atoms with Crippen LogP contribution in [0.4, 0.5) is 4.39 Å². The first-order chi connectivity index (χ1) is 14.0. The predicted octanol–water partition coefficient (Wildman–Crippen LogP) is 1.49. The molecule has 0 atom stereocenters. The Hall–Kier alpha value is -2.36. The zero-order chi connectivity index (χ0) is 20.6. The molecule has 9 heteroatoms. The molecule has 156 valence electrons. The Morgan fingerprint density at radius 1 is 1.10 bits per heavy atom. The number of carbonyl (C=O) groups is 2. The molecule has 2 heterocycles. The highest BCUT2D eigenvalue weighted by Gasteiger charge is 2.18. The number of aryl methyl sites for hydroxylation is 1. The third-order valence-electron chi connectivity index (χ3n) is 4.72. The molecule has 1 aromatic heterocycles. The first-order valence-corrected chi connectivity index (χ1v) is 10.5. The number of thiazole rings is 1. The molecule has 0 unspecified atom stereocenters. The van der Waals surface area contributed by atoms with Crippen LogP contribution in [0.15, 0.2) is 29.6 Å². The van der Waals surface area contributed by atoms with Gasteiger partial charge in [0.2, 0.25) is 5.91 Å². The van der Waals surface area contributed by atoms with Crippen LogP contribution >= 0.6 is 11.3 Å². The molecule has 2 aromatic rings. The van der Waals surface area contributed by atoms with Gasteiger partial charge in [-0.1, -0.05) is 18.2 Å². The van der Waals surface area contributed by atoms with E-state index in [1.54, 1.807) is 12.1 Å². The van der Waals surface area contributed by atoms with Crippen molar-refractivity contribution in [2.24, 2.45) is 0 Å². The molecule has 7 nitrogen and oxygen atoms in total. The molecule has 0 radical (unpaired) electrons. The highest BCUT2D eigenvalue weighted by atomic mass is 32.1. The van der Waals surface area contributed by atoms with Crippen molar-refractivity contribution in [2.45, 2.75) is 26.3 Å². The largest absolute Gasteiger partial charge is 0.298 e. The van der Waals surface area contributed by atoms with Crippen LogP contribution in [0.5, 0.6) is 0 Å². The van der Waals surface area contributed by atoms with Gasteiger partial charge in [-0.15, -0.1) is 11.3 Å². The van der Waals surface area contributed by atoms with E-state index >= 15 is 0 Å². The smallest absolute Gasteiger partial charge is 0.252 e. The average Bonchev–Trinajstić information content (AvgIpc) is 2.97. The van der Waals surface area contributed by atoms with Crippen molar-refractivity contribution >= 4 is 23.2 Å². The van der Waals surface area contributed by atoms with Gasteiger partial charge < -0.3 is 0 Å². The van der Waals surface area contributed by atoms with Gasteiger partial charge in [0.25, 0.3) is 5.91 Å². The minimum absolute atomic E-state index is 0.146. The highest BCUT2D eigenvalue weighted by molar-refractivity contribution is 7.09. The van der Waals surface area contributed by atoms with Gasteiger partial charge in [0.1, 0.15) is 10.8 Å². The number of benzene rings is 1. The second-order valence-electron chi connectivity index (χ2n) is 7.15. The molecule has 29 heavy (non-hydrogen) atoms. The molecule has 3 rings (SSSR count). The van der Waals surface area contributed by atoms with Gasteiger partial charge in [0.15, 0.2) is 0 Å². The molecule has 1 saturated heterocycles. The summed E-state index contributed by atoms with van der Waals surface area (Å²) in [6.45, 7) is 5.77. The van der Waals surface area contributed by atoms with Crippen LogP contribution in [0.3, 0.4) is 0 Å². The van der Waals surface area contributed by atoms with Crippen molar-refractivity contribution in [3.8, 4) is 0 Å². The number of rotatable bonds is 6. The van der Waals surface area contributed by atoms with E-state index in [9.17, 15) is 14.0 Å². The number of hydrogen-bond donors (Lipinski definition) is 2. The summed E-state index contributed by atoms with van der Waals surface area (Å²) in [7, 11) is 0. The summed E-state index contributed by atoms with van der Waals surface area (Å²) in [5.41, 5.74) is 6.48. The van der Waals surface area contributed by atoms with Gasteiger partial charge in [-0.2, -0.15) is 0 Å². The lowest BCUT2D eigenvalue weighted by molar-refractivity contribution is -0.129. The van der Waals surface area contributed by atoms with Crippen LogP contribution in [-0.2, 0) is 22.6 Å². The molecule has 0 spiro atoms. The third kappa shape index (κ3) is 6.88. The lowest BCUT2D eigenvalue weighted by Gasteiger charge is -2.21. The average molecular weight is 420 g/mol. The van der Waals surface area contributed by atoms with Crippen LogP contribution < -0.4 is 10.9 Å². The summed E-state index contributed by atoms with van der Waals surface area (Å²) in [6, 6.07) is 6.82. The van der Waals surface area contributed by atoms with Gasteiger partial charge in [-0.3, -0.25) is 30.2 Å². The SMILES string of the molecule is Cc1csc(CC(=O)NNC(=O)CN2CCCN(Cc3ccccc3F)CC2)n1. The van der Waals surface area contributed by atoms with Gasteiger partial charge in [0.05, 0.1) is 13.0 Å². The maximum absolute atomic E-state index is 13.9. The van der Waals surface area contributed by atoms with Crippen molar-refractivity contribution < 1.29 is 14.0 Å². The van der Waals surface area contributed by atoms with E-state index in [-0.39, 0.29) is 30.6 Å². The molecular formula is C20H26FN5O2S. The second-order valence-corrected chi connectivity index (χ2v) is 8.10. The lowest BCUT2D eigenvalue weighted by Crippen LogP contribution is -2.47. The van der Waals surface area contributed by atoms with Crippen molar-refractivity contribution in [3.05, 3.63) is 51.7 Å².